The Labute approximate surface area is 210 Å². The van der Waals surface area contributed by atoms with Gasteiger partial charge in [-0.05, 0) is 79.6 Å². The summed E-state index contributed by atoms with van der Waals surface area (Å²) in [6.07, 6.45) is 4.75. The summed E-state index contributed by atoms with van der Waals surface area (Å²) in [5, 5.41) is 0.932. The van der Waals surface area contributed by atoms with Gasteiger partial charge in [-0.2, -0.15) is 0 Å². The fourth-order valence-electron chi connectivity index (χ4n) is 6.64. The summed E-state index contributed by atoms with van der Waals surface area (Å²) < 4.78 is 18.9. The fraction of sp³-hybridized carbons (Fsp3) is 0.448. The summed E-state index contributed by atoms with van der Waals surface area (Å²) >= 11 is 0. The van der Waals surface area contributed by atoms with E-state index >= 15 is 0 Å². The number of halogens is 1. The smallest absolute Gasteiger partial charge is 0.253 e. The van der Waals surface area contributed by atoms with Gasteiger partial charge in [-0.1, -0.05) is 6.42 Å². The lowest BCUT2D eigenvalue weighted by Crippen LogP contribution is -2.58. The Morgan fingerprint density at radius 3 is 2.39 bits per heavy atom. The molecule has 0 N–H and O–H groups in total. The molecule has 2 unspecified atom stereocenters. The van der Waals surface area contributed by atoms with E-state index in [0.29, 0.717) is 31.7 Å². The molecule has 1 saturated carbocycles. The second kappa shape index (κ2) is 9.26. The van der Waals surface area contributed by atoms with Crippen molar-refractivity contribution in [3.05, 3.63) is 65.7 Å². The molecule has 0 spiro atoms. The van der Waals surface area contributed by atoms with Crippen LogP contribution in [0.1, 0.15) is 35.2 Å². The van der Waals surface area contributed by atoms with Gasteiger partial charge >= 0.3 is 0 Å². The molecule has 2 bridgehead atoms. The van der Waals surface area contributed by atoms with Crippen LogP contribution in [0.15, 0.2) is 53.1 Å². The first-order valence-electron chi connectivity index (χ1n) is 13.0. The highest BCUT2D eigenvalue weighted by atomic mass is 19.1. The van der Waals surface area contributed by atoms with E-state index in [1.165, 1.54) is 6.07 Å². The summed E-state index contributed by atoms with van der Waals surface area (Å²) in [4.78, 5) is 33.3. The largest absolute Gasteiger partial charge is 0.464 e. The summed E-state index contributed by atoms with van der Waals surface area (Å²) in [5.41, 5.74) is 3.43. The number of anilines is 1. The second-order valence-corrected chi connectivity index (χ2v) is 10.6. The summed E-state index contributed by atoms with van der Waals surface area (Å²) in [6, 6.07) is 12.4. The summed E-state index contributed by atoms with van der Waals surface area (Å²) in [6.45, 7) is 6.08. The number of furan rings is 1. The van der Waals surface area contributed by atoms with Crippen LogP contribution < -0.4 is 4.90 Å². The van der Waals surface area contributed by atoms with Gasteiger partial charge in [-0.3, -0.25) is 9.59 Å². The number of aryl methyl sites for hydroxylation is 1. The predicted molar refractivity (Wildman–Crippen MR) is 136 cm³/mol. The van der Waals surface area contributed by atoms with E-state index in [1.807, 2.05) is 47.1 Å². The Morgan fingerprint density at radius 2 is 1.67 bits per heavy atom. The number of piperazine rings is 1. The zero-order valence-corrected chi connectivity index (χ0v) is 20.7. The third kappa shape index (κ3) is 4.14. The Hall–Kier alpha value is -3.35. The number of rotatable bonds is 3. The molecule has 2 aromatic carbocycles. The van der Waals surface area contributed by atoms with Gasteiger partial charge in [0.15, 0.2) is 0 Å². The number of hydrogen-bond acceptors (Lipinski definition) is 4. The number of carbonyl (C=O) groups excluding carboxylic acids is 2. The highest BCUT2D eigenvalue weighted by Crippen LogP contribution is 2.41. The van der Waals surface area contributed by atoms with Crippen LogP contribution in [0, 0.1) is 30.5 Å². The van der Waals surface area contributed by atoms with Crippen molar-refractivity contribution in [2.75, 3.05) is 44.2 Å². The molecule has 2 aliphatic heterocycles. The third-order valence-electron chi connectivity index (χ3n) is 8.44. The molecule has 1 aromatic heterocycles. The molecule has 3 heterocycles. The van der Waals surface area contributed by atoms with Crippen LogP contribution in [-0.4, -0.2) is 60.9 Å². The standard InChI is InChI=1S/C29H32FN3O3/c1-19-15-24(30)6-7-25(19)31-10-12-32(13-11-31)29(35)27-22-3-2-4-23(27)18-33(17-22)28(34)21-5-8-26-20(16-21)9-14-36-26/h5-9,14-16,22-23,27H,2-4,10-13,17-18H2,1H3. The van der Waals surface area contributed by atoms with Gasteiger partial charge in [0.25, 0.3) is 5.91 Å². The molecule has 6 nitrogen and oxygen atoms in total. The zero-order chi connectivity index (χ0) is 24.8. The highest BCUT2D eigenvalue weighted by molar-refractivity contribution is 5.98. The first-order chi connectivity index (χ1) is 17.5. The van der Waals surface area contributed by atoms with E-state index in [4.69, 9.17) is 4.42 Å². The molecular weight excluding hydrogens is 457 g/mol. The van der Waals surface area contributed by atoms with Crippen LogP contribution in [0.25, 0.3) is 11.0 Å². The number of hydrogen-bond donors (Lipinski definition) is 0. The van der Waals surface area contributed by atoms with Crippen molar-refractivity contribution in [2.45, 2.75) is 26.2 Å². The van der Waals surface area contributed by atoms with Gasteiger partial charge in [-0.15, -0.1) is 0 Å². The van der Waals surface area contributed by atoms with Crippen LogP contribution in [0.4, 0.5) is 10.1 Å². The average molecular weight is 490 g/mol. The predicted octanol–water partition coefficient (Wildman–Crippen LogP) is 4.72. The van der Waals surface area contributed by atoms with Gasteiger partial charge in [0.1, 0.15) is 11.4 Å². The van der Waals surface area contributed by atoms with Crippen LogP contribution in [0.2, 0.25) is 0 Å². The molecule has 188 valence electrons. The Bertz CT molecular complexity index is 1280. The minimum absolute atomic E-state index is 0.00161. The zero-order valence-electron chi connectivity index (χ0n) is 20.7. The fourth-order valence-corrected chi connectivity index (χ4v) is 6.64. The lowest BCUT2D eigenvalue weighted by Gasteiger charge is -2.48. The van der Waals surface area contributed by atoms with Gasteiger partial charge in [0, 0.05) is 61.8 Å². The minimum Gasteiger partial charge on any atom is -0.464 e. The van der Waals surface area contributed by atoms with Crippen molar-refractivity contribution >= 4 is 28.5 Å². The van der Waals surface area contributed by atoms with E-state index in [1.54, 1.807) is 12.3 Å². The van der Waals surface area contributed by atoms with Gasteiger partial charge in [0.2, 0.25) is 5.91 Å². The topological polar surface area (TPSA) is 57.0 Å². The Balaban J connectivity index is 1.12. The number of likely N-dealkylation sites (tertiary alicyclic amines) is 1. The lowest BCUT2D eigenvalue weighted by molar-refractivity contribution is -0.144. The van der Waals surface area contributed by atoms with Gasteiger partial charge in [0.05, 0.1) is 6.26 Å². The minimum atomic E-state index is -0.219. The van der Waals surface area contributed by atoms with Crippen molar-refractivity contribution < 1.29 is 18.4 Å². The van der Waals surface area contributed by atoms with Crippen molar-refractivity contribution in [1.29, 1.82) is 0 Å². The SMILES string of the molecule is Cc1cc(F)ccc1N1CCN(C(=O)C2C3CCCC2CN(C(=O)c2ccc4occc4c2)C3)CC1. The van der Waals surface area contributed by atoms with Crippen LogP contribution in [-0.2, 0) is 4.79 Å². The molecule has 7 heteroatoms. The average Bonchev–Trinajstić information content (AvgIpc) is 3.35. The molecule has 2 saturated heterocycles. The monoisotopic (exact) mass is 489 g/mol. The quantitative estimate of drug-likeness (QED) is 0.534. The maximum atomic E-state index is 13.7. The van der Waals surface area contributed by atoms with E-state index < -0.39 is 0 Å². The molecule has 0 radical (unpaired) electrons. The molecule has 36 heavy (non-hydrogen) atoms. The molecule has 2 amide bonds. The van der Waals surface area contributed by atoms with Crippen LogP contribution >= 0.6 is 0 Å². The third-order valence-corrected chi connectivity index (χ3v) is 8.44. The number of nitrogens with zero attached hydrogens (tertiary/aromatic N) is 3. The first kappa shape index (κ1) is 23.1. The first-order valence-corrected chi connectivity index (χ1v) is 13.0. The Kier molecular flexibility index (Phi) is 5.94. The summed E-state index contributed by atoms with van der Waals surface area (Å²) in [5.74, 6) is 0.506. The van der Waals surface area contributed by atoms with E-state index in [0.717, 1.165) is 54.6 Å². The lowest BCUT2D eigenvalue weighted by atomic mass is 9.68. The number of fused-ring (bicyclic) bond motifs is 3. The molecular formula is C29H32FN3O3. The molecule has 6 rings (SSSR count). The molecule has 2 atom stereocenters. The maximum Gasteiger partial charge on any atom is 0.253 e. The maximum absolute atomic E-state index is 13.7. The summed E-state index contributed by atoms with van der Waals surface area (Å²) in [7, 11) is 0. The second-order valence-electron chi connectivity index (χ2n) is 10.6. The van der Waals surface area contributed by atoms with E-state index in [-0.39, 0.29) is 35.4 Å². The van der Waals surface area contributed by atoms with E-state index in [9.17, 15) is 14.0 Å². The molecule has 1 aliphatic carbocycles. The van der Waals surface area contributed by atoms with Crippen LogP contribution in [0.3, 0.4) is 0 Å². The normalized spacial score (nSPS) is 24.3. The van der Waals surface area contributed by atoms with Crippen molar-refractivity contribution in [3.63, 3.8) is 0 Å². The van der Waals surface area contributed by atoms with Crippen molar-refractivity contribution in [3.8, 4) is 0 Å². The van der Waals surface area contributed by atoms with Crippen molar-refractivity contribution in [1.82, 2.24) is 9.80 Å². The van der Waals surface area contributed by atoms with Gasteiger partial charge in [-0.25, -0.2) is 4.39 Å². The Morgan fingerprint density at radius 1 is 0.917 bits per heavy atom. The number of amides is 2. The molecule has 3 fully saturated rings. The van der Waals surface area contributed by atoms with Gasteiger partial charge < -0.3 is 19.1 Å². The number of carbonyl (C=O) groups is 2. The highest BCUT2D eigenvalue weighted by Gasteiger charge is 2.46. The number of piperidine rings is 1. The molecule has 3 aromatic rings. The molecule has 3 aliphatic rings. The van der Waals surface area contributed by atoms with E-state index in [2.05, 4.69) is 4.90 Å². The van der Waals surface area contributed by atoms with Crippen molar-refractivity contribution in [2.24, 2.45) is 17.8 Å². The number of benzene rings is 2. The van der Waals surface area contributed by atoms with Crippen LogP contribution in [0.5, 0.6) is 0 Å².